The van der Waals surface area contributed by atoms with Crippen molar-refractivity contribution in [1.29, 1.82) is 0 Å². The number of aliphatic hydroxyl groups excluding tert-OH is 1. The SMILES string of the molecule is COC(=O)CCCCCCC1C(O)CC(O[Si](C)(C)C(C)(C)C)C1CCC1CO1. The normalized spacial score (nSPS) is 29.8. The highest BCUT2D eigenvalue weighted by atomic mass is 28.4. The van der Waals surface area contributed by atoms with Crippen molar-refractivity contribution in [3.63, 3.8) is 0 Å². The summed E-state index contributed by atoms with van der Waals surface area (Å²) in [7, 11) is -0.418. The summed E-state index contributed by atoms with van der Waals surface area (Å²) in [6, 6.07) is 0. The largest absolute Gasteiger partial charge is 0.469 e. The van der Waals surface area contributed by atoms with Crippen LogP contribution in [0.3, 0.4) is 0 Å². The van der Waals surface area contributed by atoms with E-state index < -0.39 is 8.32 Å². The van der Waals surface area contributed by atoms with E-state index in [0.29, 0.717) is 24.4 Å². The van der Waals surface area contributed by atoms with E-state index in [9.17, 15) is 9.90 Å². The van der Waals surface area contributed by atoms with Gasteiger partial charge in [0, 0.05) is 6.42 Å². The minimum absolute atomic E-state index is 0.121. The van der Waals surface area contributed by atoms with E-state index in [1.165, 1.54) is 7.11 Å². The smallest absolute Gasteiger partial charge is 0.305 e. The lowest BCUT2D eigenvalue weighted by Crippen LogP contribution is -2.45. The molecule has 0 spiro atoms. The Morgan fingerprint density at radius 3 is 2.31 bits per heavy atom. The van der Waals surface area contributed by atoms with Crippen LogP contribution in [0, 0.1) is 11.8 Å². The number of epoxide rings is 1. The number of unbranched alkanes of at least 4 members (excludes halogenated alkanes) is 3. The van der Waals surface area contributed by atoms with Crippen LogP contribution in [0.2, 0.25) is 18.1 Å². The van der Waals surface area contributed by atoms with Crippen LogP contribution in [0.15, 0.2) is 0 Å². The van der Waals surface area contributed by atoms with Gasteiger partial charge in [0.05, 0.1) is 32.0 Å². The Bertz CT molecular complexity index is 512. The van der Waals surface area contributed by atoms with E-state index in [1.54, 1.807) is 0 Å². The highest BCUT2D eigenvalue weighted by Crippen LogP contribution is 2.45. The lowest BCUT2D eigenvalue weighted by atomic mass is 9.85. The van der Waals surface area contributed by atoms with Gasteiger partial charge in [-0.15, -0.1) is 0 Å². The van der Waals surface area contributed by atoms with E-state index in [-0.39, 0.29) is 23.2 Å². The zero-order valence-electron chi connectivity index (χ0n) is 19.5. The minimum atomic E-state index is -1.86. The van der Waals surface area contributed by atoms with E-state index >= 15 is 0 Å². The van der Waals surface area contributed by atoms with Crippen molar-refractivity contribution in [2.45, 2.75) is 115 Å². The van der Waals surface area contributed by atoms with Crippen LogP contribution in [-0.4, -0.2) is 51.4 Å². The Labute approximate surface area is 179 Å². The van der Waals surface area contributed by atoms with E-state index in [0.717, 1.165) is 58.0 Å². The van der Waals surface area contributed by atoms with Gasteiger partial charge in [0.2, 0.25) is 0 Å². The quantitative estimate of drug-likeness (QED) is 0.203. The Balaban J connectivity index is 1.88. The fourth-order valence-electron chi connectivity index (χ4n) is 4.36. The first-order chi connectivity index (χ1) is 13.5. The topological polar surface area (TPSA) is 68.3 Å². The lowest BCUT2D eigenvalue weighted by Gasteiger charge is -2.40. The molecule has 0 aromatic heterocycles. The van der Waals surface area contributed by atoms with Crippen molar-refractivity contribution in [2.24, 2.45) is 11.8 Å². The number of ether oxygens (including phenoxy) is 2. The number of esters is 1. The van der Waals surface area contributed by atoms with Gasteiger partial charge in [-0.25, -0.2) is 0 Å². The molecule has 0 aromatic rings. The van der Waals surface area contributed by atoms with Gasteiger partial charge in [0.15, 0.2) is 8.32 Å². The molecule has 2 aliphatic rings. The van der Waals surface area contributed by atoms with Crippen molar-refractivity contribution in [3.05, 3.63) is 0 Å². The van der Waals surface area contributed by atoms with E-state index in [4.69, 9.17) is 13.9 Å². The first-order valence-corrected chi connectivity index (χ1v) is 14.5. The van der Waals surface area contributed by atoms with Crippen LogP contribution in [0.1, 0.15) is 78.6 Å². The number of rotatable bonds is 12. The minimum Gasteiger partial charge on any atom is -0.469 e. The van der Waals surface area contributed by atoms with Gasteiger partial charge in [0.1, 0.15) is 0 Å². The molecular formula is C23H44O5Si. The van der Waals surface area contributed by atoms with Crippen LogP contribution < -0.4 is 0 Å². The second-order valence-corrected chi connectivity index (χ2v) is 15.4. The van der Waals surface area contributed by atoms with Crippen LogP contribution in [0.4, 0.5) is 0 Å². The molecule has 1 aliphatic carbocycles. The first-order valence-electron chi connectivity index (χ1n) is 11.6. The predicted octanol–water partition coefficient (Wildman–Crippen LogP) is 5.07. The molecule has 5 nitrogen and oxygen atoms in total. The first kappa shape index (κ1) is 24.8. The van der Waals surface area contributed by atoms with Gasteiger partial charge in [-0.2, -0.15) is 0 Å². The average Bonchev–Trinajstić information content (AvgIpc) is 3.40. The van der Waals surface area contributed by atoms with Crippen molar-refractivity contribution < 1.29 is 23.8 Å². The van der Waals surface area contributed by atoms with Gasteiger partial charge < -0.3 is 19.0 Å². The third-order valence-electron chi connectivity index (χ3n) is 7.37. The maximum Gasteiger partial charge on any atom is 0.305 e. The molecule has 0 amide bonds. The third-order valence-corrected chi connectivity index (χ3v) is 11.9. The average molecular weight is 429 g/mol. The van der Waals surface area contributed by atoms with Crippen molar-refractivity contribution in [2.75, 3.05) is 13.7 Å². The number of carbonyl (C=O) groups is 1. The lowest BCUT2D eigenvalue weighted by molar-refractivity contribution is -0.140. The monoisotopic (exact) mass is 428 g/mol. The molecule has 6 heteroatoms. The molecule has 1 saturated heterocycles. The Hall–Kier alpha value is -0.433. The third kappa shape index (κ3) is 7.64. The molecule has 0 radical (unpaired) electrons. The summed E-state index contributed by atoms with van der Waals surface area (Å²) in [5.41, 5.74) is 0. The molecule has 170 valence electrons. The van der Waals surface area contributed by atoms with Crippen LogP contribution in [0.25, 0.3) is 0 Å². The molecule has 5 unspecified atom stereocenters. The summed E-state index contributed by atoms with van der Waals surface area (Å²) in [6.45, 7) is 12.4. The summed E-state index contributed by atoms with van der Waals surface area (Å²) in [6.07, 6.45) is 9.00. The van der Waals surface area contributed by atoms with Gasteiger partial charge >= 0.3 is 5.97 Å². The summed E-state index contributed by atoms with van der Waals surface area (Å²) < 4.78 is 16.9. The molecule has 1 aliphatic heterocycles. The Morgan fingerprint density at radius 1 is 1.07 bits per heavy atom. The van der Waals surface area contributed by atoms with Crippen molar-refractivity contribution in [1.82, 2.24) is 0 Å². The second-order valence-electron chi connectivity index (χ2n) is 10.6. The van der Waals surface area contributed by atoms with Crippen LogP contribution in [-0.2, 0) is 18.7 Å². The molecule has 1 N–H and O–H groups in total. The van der Waals surface area contributed by atoms with Crippen LogP contribution in [0.5, 0.6) is 0 Å². The zero-order chi connectivity index (χ0) is 21.7. The van der Waals surface area contributed by atoms with Crippen molar-refractivity contribution in [3.8, 4) is 0 Å². The van der Waals surface area contributed by atoms with Crippen molar-refractivity contribution >= 4 is 14.3 Å². The standard InChI is InChI=1S/C23H44O5Si/c1-23(2,3)29(5,6)28-21-15-20(24)18(19(21)14-13-17-16-27-17)11-9-7-8-10-12-22(25)26-4/h17-21,24H,7-16H2,1-6H3. The van der Waals surface area contributed by atoms with Gasteiger partial charge in [-0.05, 0) is 62.1 Å². The fourth-order valence-corrected chi connectivity index (χ4v) is 5.75. The number of hydrogen-bond acceptors (Lipinski definition) is 5. The van der Waals surface area contributed by atoms with E-state index in [1.807, 2.05) is 0 Å². The zero-order valence-corrected chi connectivity index (χ0v) is 20.5. The maximum absolute atomic E-state index is 11.2. The summed E-state index contributed by atoms with van der Waals surface area (Å²) >= 11 is 0. The Morgan fingerprint density at radius 2 is 1.72 bits per heavy atom. The molecule has 0 aromatic carbocycles. The number of aliphatic hydroxyl groups is 1. The van der Waals surface area contributed by atoms with Gasteiger partial charge in [-0.1, -0.05) is 40.0 Å². The molecule has 0 bridgehead atoms. The maximum atomic E-state index is 11.2. The number of hydrogen-bond donors (Lipinski definition) is 1. The second kappa shape index (κ2) is 10.7. The highest BCUT2D eigenvalue weighted by Gasteiger charge is 2.47. The molecule has 2 rings (SSSR count). The summed E-state index contributed by atoms with van der Waals surface area (Å²) in [5.74, 6) is 0.631. The van der Waals surface area contributed by atoms with Crippen LogP contribution >= 0.6 is 0 Å². The predicted molar refractivity (Wildman–Crippen MR) is 118 cm³/mol. The summed E-state index contributed by atoms with van der Waals surface area (Å²) in [4.78, 5) is 11.2. The van der Waals surface area contributed by atoms with E-state index in [2.05, 4.69) is 33.9 Å². The Kier molecular flexibility index (Phi) is 9.20. The number of methoxy groups -OCH3 is 1. The molecular weight excluding hydrogens is 384 g/mol. The number of carbonyl (C=O) groups excluding carboxylic acids is 1. The molecule has 1 heterocycles. The van der Waals surface area contributed by atoms with Gasteiger partial charge in [-0.3, -0.25) is 4.79 Å². The molecule has 5 atom stereocenters. The molecule has 29 heavy (non-hydrogen) atoms. The fraction of sp³-hybridized carbons (Fsp3) is 0.957. The molecule has 1 saturated carbocycles. The van der Waals surface area contributed by atoms with Gasteiger partial charge in [0.25, 0.3) is 0 Å². The highest BCUT2D eigenvalue weighted by molar-refractivity contribution is 6.74. The summed E-state index contributed by atoms with van der Waals surface area (Å²) in [5, 5.41) is 11.0. The molecule has 2 fully saturated rings.